The lowest BCUT2D eigenvalue weighted by Crippen LogP contribution is -2.26. The van der Waals surface area contributed by atoms with Gasteiger partial charge in [0.15, 0.2) is 5.82 Å². The van der Waals surface area contributed by atoms with Crippen LogP contribution in [0.3, 0.4) is 0 Å². The Kier molecular flexibility index (Phi) is 4.05. The van der Waals surface area contributed by atoms with Crippen LogP contribution in [-0.4, -0.2) is 32.7 Å². The van der Waals surface area contributed by atoms with E-state index in [-0.39, 0.29) is 30.2 Å². The Labute approximate surface area is 115 Å². The third-order valence-electron chi connectivity index (χ3n) is 2.33. The molecule has 2 aromatic heterocycles. The summed E-state index contributed by atoms with van der Waals surface area (Å²) in [5.41, 5.74) is 0.0666. The number of carbonyl (C=O) groups is 1. The van der Waals surface area contributed by atoms with Gasteiger partial charge in [0.2, 0.25) is 0 Å². The van der Waals surface area contributed by atoms with Crippen molar-refractivity contribution in [1.29, 1.82) is 0 Å². The maximum Gasteiger partial charge on any atom is 0.471 e. The number of aromatic nitrogens is 3. The van der Waals surface area contributed by atoms with Gasteiger partial charge in [0.1, 0.15) is 11.4 Å². The second-order valence-corrected chi connectivity index (χ2v) is 3.92. The summed E-state index contributed by atoms with van der Waals surface area (Å²) >= 11 is 0. The molecular weight excluding hydrogens is 293 g/mol. The topological polar surface area (TPSA) is 101 Å². The first-order valence-corrected chi connectivity index (χ1v) is 5.69. The number of pyridine rings is 1. The SMILES string of the molecule is O=C(NCCc1noc(C(F)(F)F)n1)c1ccc(O)cn1. The minimum Gasteiger partial charge on any atom is -0.506 e. The molecule has 2 rings (SSSR count). The molecule has 0 atom stereocenters. The second kappa shape index (κ2) is 5.77. The lowest BCUT2D eigenvalue weighted by molar-refractivity contribution is -0.159. The van der Waals surface area contributed by atoms with Crippen molar-refractivity contribution in [3.8, 4) is 5.75 Å². The molecule has 0 radical (unpaired) electrons. The second-order valence-electron chi connectivity index (χ2n) is 3.92. The van der Waals surface area contributed by atoms with Crippen molar-refractivity contribution < 1.29 is 27.6 Å². The molecule has 10 heteroatoms. The van der Waals surface area contributed by atoms with Gasteiger partial charge in [-0.2, -0.15) is 18.2 Å². The number of alkyl halides is 3. The van der Waals surface area contributed by atoms with Crippen LogP contribution in [0.4, 0.5) is 13.2 Å². The zero-order chi connectivity index (χ0) is 15.5. The average Bonchev–Trinajstić information content (AvgIpc) is 2.88. The van der Waals surface area contributed by atoms with E-state index in [1.54, 1.807) is 0 Å². The predicted octanol–water partition coefficient (Wildman–Crippen LogP) is 1.16. The Morgan fingerprint density at radius 1 is 1.38 bits per heavy atom. The molecule has 0 aliphatic heterocycles. The third-order valence-corrected chi connectivity index (χ3v) is 2.33. The van der Waals surface area contributed by atoms with Gasteiger partial charge in [-0.05, 0) is 12.1 Å². The van der Waals surface area contributed by atoms with Gasteiger partial charge in [-0.3, -0.25) is 4.79 Å². The normalized spacial score (nSPS) is 11.4. The molecule has 1 amide bonds. The van der Waals surface area contributed by atoms with Crippen molar-refractivity contribution in [1.82, 2.24) is 20.4 Å². The first-order valence-electron chi connectivity index (χ1n) is 5.69. The summed E-state index contributed by atoms with van der Waals surface area (Å²) in [5, 5.41) is 14.6. The number of halogens is 3. The van der Waals surface area contributed by atoms with E-state index < -0.39 is 18.0 Å². The molecule has 0 spiro atoms. The fraction of sp³-hybridized carbons (Fsp3) is 0.273. The monoisotopic (exact) mass is 302 g/mol. The molecule has 21 heavy (non-hydrogen) atoms. The van der Waals surface area contributed by atoms with Crippen LogP contribution in [0.1, 0.15) is 22.2 Å². The van der Waals surface area contributed by atoms with Crippen molar-refractivity contribution in [3.05, 3.63) is 35.7 Å². The molecule has 0 unspecified atom stereocenters. The summed E-state index contributed by atoms with van der Waals surface area (Å²) in [5.74, 6) is -2.21. The highest BCUT2D eigenvalue weighted by Crippen LogP contribution is 2.27. The molecule has 0 bridgehead atoms. The Morgan fingerprint density at radius 2 is 2.14 bits per heavy atom. The standard InChI is InChI=1S/C11H9F3N4O3/c12-11(13,14)10-17-8(18-21-10)3-4-15-9(20)7-2-1-6(19)5-16-7/h1-2,5,19H,3-4H2,(H,15,20). The number of amides is 1. The lowest BCUT2D eigenvalue weighted by Gasteiger charge is -2.02. The molecule has 2 aromatic rings. The number of hydrogen-bond donors (Lipinski definition) is 2. The molecular formula is C11H9F3N4O3. The van der Waals surface area contributed by atoms with Gasteiger partial charge in [-0.1, -0.05) is 5.16 Å². The predicted molar refractivity (Wildman–Crippen MR) is 61.2 cm³/mol. The molecule has 112 valence electrons. The molecule has 0 aliphatic rings. The summed E-state index contributed by atoms with van der Waals surface area (Å²) in [7, 11) is 0. The van der Waals surface area contributed by atoms with Crippen LogP contribution < -0.4 is 5.32 Å². The maximum absolute atomic E-state index is 12.2. The first-order chi connectivity index (χ1) is 9.86. The molecule has 0 aliphatic carbocycles. The van der Waals surface area contributed by atoms with Crippen LogP contribution in [0, 0.1) is 0 Å². The van der Waals surface area contributed by atoms with Crippen molar-refractivity contribution >= 4 is 5.91 Å². The van der Waals surface area contributed by atoms with E-state index in [1.165, 1.54) is 12.1 Å². The van der Waals surface area contributed by atoms with Crippen molar-refractivity contribution in [3.63, 3.8) is 0 Å². The molecule has 0 saturated carbocycles. The third kappa shape index (κ3) is 3.91. The van der Waals surface area contributed by atoms with Gasteiger partial charge in [0, 0.05) is 13.0 Å². The van der Waals surface area contributed by atoms with Crippen LogP contribution in [0.15, 0.2) is 22.9 Å². The zero-order valence-electron chi connectivity index (χ0n) is 10.4. The zero-order valence-corrected chi connectivity index (χ0v) is 10.4. The summed E-state index contributed by atoms with van der Waals surface area (Å²) in [4.78, 5) is 18.5. The average molecular weight is 302 g/mol. The largest absolute Gasteiger partial charge is 0.506 e. The lowest BCUT2D eigenvalue weighted by atomic mass is 10.3. The van der Waals surface area contributed by atoms with E-state index in [1.807, 2.05) is 0 Å². The Morgan fingerprint density at radius 3 is 2.71 bits per heavy atom. The molecule has 0 saturated heterocycles. The number of hydrogen-bond acceptors (Lipinski definition) is 6. The number of aromatic hydroxyl groups is 1. The van der Waals surface area contributed by atoms with E-state index in [0.29, 0.717) is 0 Å². The fourth-order valence-electron chi connectivity index (χ4n) is 1.37. The van der Waals surface area contributed by atoms with E-state index in [2.05, 4.69) is 25.0 Å². The van der Waals surface area contributed by atoms with E-state index >= 15 is 0 Å². The number of nitrogens with one attached hydrogen (secondary N) is 1. The molecule has 0 aromatic carbocycles. The quantitative estimate of drug-likeness (QED) is 0.879. The Balaban J connectivity index is 1.85. The number of rotatable bonds is 4. The van der Waals surface area contributed by atoms with Crippen LogP contribution in [0.5, 0.6) is 5.75 Å². The van der Waals surface area contributed by atoms with E-state index in [0.717, 1.165) is 6.20 Å². The maximum atomic E-state index is 12.2. The first kappa shape index (κ1) is 14.8. The highest BCUT2D eigenvalue weighted by atomic mass is 19.4. The smallest absolute Gasteiger partial charge is 0.471 e. The number of nitrogens with zero attached hydrogens (tertiary/aromatic N) is 3. The van der Waals surface area contributed by atoms with Crippen molar-refractivity contribution in [2.45, 2.75) is 12.6 Å². The van der Waals surface area contributed by atoms with E-state index in [9.17, 15) is 18.0 Å². The highest BCUT2D eigenvalue weighted by molar-refractivity contribution is 5.92. The van der Waals surface area contributed by atoms with Gasteiger partial charge >= 0.3 is 12.1 Å². The van der Waals surface area contributed by atoms with Crippen LogP contribution in [0.25, 0.3) is 0 Å². The van der Waals surface area contributed by atoms with Crippen LogP contribution >= 0.6 is 0 Å². The van der Waals surface area contributed by atoms with Gasteiger partial charge in [0.05, 0.1) is 6.20 Å². The minimum atomic E-state index is -4.69. The van der Waals surface area contributed by atoms with Crippen molar-refractivity contribution in [2.24, 2.45) is 0 Å². The molecule has 0 fully saturated rings. The van der Waals surface area contributed by atoms with Gasteiger partial charge in [-0.25, -0.2) is 4.98 Å². The van der Waals surface area contributed by atoms with Gasteiger partial charge in [0.25, 0.3) is 5.91 Å². The van der Waals surface area contributed by atoms with Crippen molar-refractivity contribution in [2.75, 3.05) is 6.54 Å². The summed E-state index contributed by atoms with van der Waals surface area (Å²) in [6.45, 7) is 0.0121. The van der Waals surface area contributed by atoms with Gasteiger partial charge < -0.3 is 14.9 Å². The highest BCUT2D eigenvalue weighted by Gasteiger charge is 2.38. The molecule has 2 heterocycles. The fourth-order valence-corrected chi connectivity index (χ4v) is 1.37. The van der Waals surface area contributed by atoms with Gasteiger partial charge in [-0.15, -0.1) is 0 Å². The summed E-state index contributed by atoms with van der Waals surface area (Å²) in [6, 6.07) is 2.59. The minimum absolute atomic E-state index is 0.0121. The number of carbonyl (C=O) groups excluding carboxylic acids is 1. The molecule has 7 nitrogen and oxygen atoms in total. The summed E-state index contributed by atoms with van der Waals surface area (Å²) in [6.07, 6.45) is -3.61. The Hall–Kier alpha value is -2.65. The van der Waals surface area contributed by atoms with E-state index in [4.69, 9.17) is 5.11 Å². The Bertz CT molecular complexity index is 624. The van der Waals surface area contributed by atoms with Crippen LogP contribution in [-0.2, 0) is 12.6 Å². The van der Waals surface area contributed by atoms with Crippen LogP contribution in [0.2, 0.25) is 0 Å². The summed E-state index contributed by atoms with van der Waals surface area (Å²) < 4.78 is 40.7. The molecule has 2 N–H and O–H groups in total.